The van der Waals surface area contributed by atoms with Crippen molar-refractivity contribution in [1.29, 1.82) is 0 Å². The molecule has 1 aliphatic heterocycles. The van der Waals surface area contributed by atoms with E-state index in [-0.39, 0.29) is 11.9 Å². The molecule has 0 saturated carbocycles. The summed E-state index contributed by atoms with van der Waals surface area (Å²) in [6.07, 6.45) is 2.09. The molecule has 2 aromatic rings. The Morgan fingerprint density at radius 3 is 2.81 bits per heavy atom. The van der Waals surface area contributed by atoms with Crippen molar-refractivity contribution < 1.29 is 4.79 Å². The Morgan fingerprint density at radius 1 is 1.29 bits per heavy atom. The third kappa shape index (κ3) is 3.13. The molecular weight excluding hydrogens is 282 g/mol. The van der Waals surface area contributed by atoms with Crippen molar-refractivity contribution in [3.05, 3.63) is 36.0 Å². The number of benzene rings is 1. The Balaban J connectivity index is 1.87. The number of aromatic nitrogens is 1. The van der Waals surface area contributed by atoms with Crippen molar-refractivity contribution >= 4 is 34.3 Å². The lowest BCUT2D eigenvalue weighted by Gasteiger charge is -2.22. The molecule has 5 heteroatoms. The van der Waals surface area contributed by atoms with Crippen LogP contribution in [0.1, 0.15) is 23.3 Å². The molecule has 21 heavy (non-hydrogen) atoms. The summed E-state index contributed by atoms with van der Waals surface area (Å²) < 4.78 is 0. The van der Waals surface area contributed by atoms with Crippen LogP contribution in [-0.4, -0.2) is 35.5 Å². The number of fused-ring (bicyclic) bond motifs is 1. The largest absolute Gasteiger partial charge is 0.388 e. The Hall–Kier alpha value is -1.75. The normalized spacial score (nSPS) is 15.9. The molecule has 2 heterocycles. The van der Waals surface area contributed by atoms with E-state index in [1.165, 1.54) is 0 Å². The molecule has 0 aliphatic carbocycles. The van der Waals surface area contributed by atoms with E-state index in [2.05, 4.69) is 15.6 Å². The molecule has 0 atom stereocenters. The van der Waals surface area contributed by atoms with Crippen molar-refractivity contribution in [2.75, 3.05) is 23.9 Å². The van der Waals surface area contributed by atoms with Gasteiger partial charge in [-0.2, -0.15) is 11.8 Å². The molecule has 0 radical (unpaired) electrons. The molecule has 0 unspecified atom stereocenters. The zero-order chi connectivity index (χ0) is 14.7. The second-order valence-electron chi connectivity index (χ2n) is 5.18. The van der Waals surface area contributed by atoms with Gasteiger partial charge in [-0.1, -0.05) is 18.2 Å². The van der Waals surface area contributed by atoms with Gasteiger partial charge in [0.2, 0.25) is 0 Å². The lowest BCUT2D eigenvalue weighted by molar-refractivity contribution is 0.0930. The summed E-state index contributed by atoms with van der Waals surface area (Å²) >= 11 is 1.95. The van der Waals surface area contributed by atoms with Crippen LogP contribution in [0.2, 0.25) is 0 Å². The van der Waals surface area contributed by atoms with Crippen molar-refractivity contribution in [3.63, 3.8) is 0 Å². The molecule has 0 bridgehead atoms. The second kappa shape index (κ2) is 6.35. The van der Waals surface area contributed by atoms with Gasteiger partial charge in [0.15, 0.2) is 0 Å². The highest BCUT2D eigenvalue weighted by molar-refractivity contribution is 7.99. The van der Waals surface area contributed by atoms with Gasteiger partial charge in [0.05, 0.1) is 5.52 Å². The number of hydrogen-bond donors (Lipinski definition) is 2. The van der Waals surface area contributed by atoms with Gasteiger partial charge in [-0.05, 0) is 36.5 Å². The van der Waals surface area contributed by atoms with E-state index in [4.69, 9.17) is 0 Å². The summed E-state index contributed by atoms with van der Waals surface area (Å²) in [5.41, 5.74) is 2.26. The fourth-order valence-corrected chi connectivity index (χ4v) is 3.71. The molecule has 1 amide bonds. The number of carbonyl (C=O) groups is 1. The molecular formula is C16H19N3OS. The zero-order valence-electron chi connectivity index (χ0n) is 12.1. The molecule has 1 aromatic carbocycles. The number of pyridine rings is 1. The van der Waals surface area contributed by atoms with Crippen LogP contribution in [0.4, 0.5) is 5.69 Å². The maximum absolute atomic E-state index is 12.4. The van der Waals surface area contributed by atoms with Crippen LogP contribution in [-0.2, 0) is 0 Å². The van der Waals surface area contributed by atoms with Crippen molar-refractivity contribution in [2.24, 2.45) is 0 Å². The van der Waals surface area contributed by atoms with Crippen LogP contribution in [0.25, 0.3) is 10.9 Å². The summed E-state index contributed by atoms with van der Waals surface area (Å²) in [5, 5.41) is 7.29. The third-order valence-corrected chi connectivity index (χ3v) is 4.82. The lowest BCUT2D eigenvalue weighted by Crippen LogP contribution is -2.37. The summed E-state index contributed by atoms with van der Waals surface area (Å²) in [6.45, 7) is 0. The fraction of sp³-hybridized carbons (Fsp3) is 0.375. The highest BCUT2D eigenvalue weighted by Gasteiger charge is 2.18. The van der Waals surface area contributed by atoms with Gasteiger partial charge < -0.3 is 10.6 Å². The summed E-state index contributed by atoms with van der Waals surface area (Å²) in [4.78, 5) is 16.9. The van der Waals surface area contributed by atoms with Gasteiger partial charge in [-0.15, -0.1) is 0 Å². The van der Waals surface area contributed by atoms with Crippen molar-refractivity contribution in [3.8, 4) is 0 Å². The SMILES string of the molecule is CNc1cc(C(=O)NC2CCSCC2)nc2ccccc12. The second-order valence-corrected chi connectivity index (χ2v) is 6.41. The minimum atomic E-state index is -0.0749. The first kappa shape index (κ1) is 14.2. The van der Waals surface area contributed by atoms with Gasteiger partial charge in [-0.25, -0.2) is 4.98 Å². The smallest absolute Gasteiger partial charge is 0.270 e. The van der Waals surface area contributed by atoms with Gasteiger partial charge >= 0.3 is 0 Å². The minimum Gasteiger partial charge on any atom is -0.388 e. The number of nitrogens with one attached hydrogen (secondary N) is 2. The van der Waals surface area contributed by atoms with E-state index >= 15 is 0 Å². The molecule has 110 valence electrons. The van der Waals surface area contributed by atoms with Crippen LogP contribution in [0, 0.1) is 0 Å². The Labute approximate surface area is 128 Å². The fourth-order valence-electron chi connectivity index (χ4n) is 2.60. The molecule has 1 saturated heterocycles. The zero-order valence-corrected chi connectivity index (χ0v) is 12.9. The van der Waals surface area contributed by atoms with E-state index in [1.54, 1.807) is 0 Å². The molecule has 2 N–H and O–H groups in total. The van der Waals surface area contributed by atoms with E-state index in [0.717, 1.165) is 40.9 Å². The van der Waals surface area contributed by atoms with Crippen molar-refractivity contribution in [2.45, 2.75) is 18.9 Å². The Kier molecular flexibility index (Phi) is 4.29. The average molecular weight is 301 g/mol. The first-order valence-corrected chi connectivity index (χ1v) is 8.39. The number of thioether (sulfide) groups is 1. The standard InChI is InChI=1S/C16H19N3OS/c1-17-14-10-15(19-13-5-3-2-4-12(13)14)16(20)18-11-6-8-21-9-7-11/h2-5,10-11H,6-9H2,1H3,(H,17,19)(H,18,20). The number of hydrogen-bond acceptors (Lipinski definition) is 4. The van der Waals surface area contributed by atoms with Crippen LogP contribution >= 0.6 is 11.8 Å². The number of rotatable bonds is 3. The number of amides is 1. The highest BCUT2D eigenvalue weighted by Crippen LogP contribution is 2.23. The van der Waals surface area contributed by atoms with Gasteiger partial charge in [0.25, 0.3) is 5.91 Å². The Bertz CT molecular complexity index is 653. The van der Waals surface area contributed by atoms with Gasteiger partial charge in [0, 0.05) is 24.2 Å². The molecule has 0 spiro atoms. The predicted octanol–water partition coefficient (Wildman–Crippen LogP) is 2.90. The monoisotopic (exact) mass is 301 g/mol. The number of anilines is 1. The van der Waals surface area contributed by atoms with Crippen molar-refractivity contribution in [1.82, 2.24) is 10.3 Å². The maximum Gasteiger partial charge on any atom is 0.270 e. The van der Waals surface area contributed by atoms with E-state index in [9.17, 15) is 4.79 Å². The average Bonchev–Trinajstić information content (AvgIpc) is 2.54. The highest BCUT2D eigenvalue weighted by atomic mass is 32.2. The van der Waals surface area contributed by atoms with Crippen LogP contribution in [0.15, 0.2) is 30.3 Å². The third-order valence-electron chi connectivity index (χ3n) is 3.77. The van der Waals surface area contributed by atoms with Gasteiger partial charge in [-0.3, -0.25) is 4.79 Å². The minimum absolute atomic E-state index is 0.0749. The molecule has 1 fully saturated rings. The van der Waals surface area contributed by atoms with E-state index < -0.39 is 0 Å². The first-order valence-electron chi connectivity index (χ1n) is 7.24. The topological polar surface area (TPSA) is 54.0 Å². The molecule has 3 rings (SSSR count). The van der Waals surface area contributed by atoms with E-state index in [0.29, 0.717) is 5.69 Å². The predicted molar refractivity (Wildman–Crippen MR) is 89.1 cm³/mol. The molecule has 1 aliphatic rings. The first-order chi connectivity index (χ1) is 10.3. The summed E-state index contributed by atoms with van der Waals surface area (Å²) in [7, 11) is 1.86. The maximum atomic E-state index is 12.4. The summed E-state index contributed by atoms with van der Waals surface area (Å²) in [5.74, 6) is 2.17. The summed E-state index contributed by atoms with van der Waals surface area (Å²) in [6, 6.07) is 9.97. The number of para-hydroxylation sites is 1. The van der Waals surface area contributed by atoms with E-state index in [1.807, 2.05) is 49.1 Å². The van der Waals surface area contributed by atoms with Crippen LogP contribution in [0.5, 0.6) is 0 Å². The number of carbonyl (C=O) groups excluding carboxylic acids is 1. The number of nitrogens with zero attached hydrogens (tertiary/aromatic N) is 1. The van der Waals surface area contributed by atoms with Crippen LogP contribution in [0.3, 0.4) is 0 Å². The molecule has 1 aromatic heterocycles. The van der Waals surface area contributed by atoms with Crippen LogP contribution < -0.4 is 10.6 Å². The molecule has 4 nitrogen and oxygen atoms in total. The van der Waals surface area contributed by atoms with Gasteiger partial charge in [0.1, 0.15) is 5.69 Å². The quantitative estimate of drug-likeness (QED) is 0.915. The Morgan fingerprint density at radius 2 is 2.05 bits per heavy atom. The lowest BCUT2D eigenvalue weighted by atomic mass is 10.1.